The van der Waals surface area contributed by atoms with Crippen molar-refractivity contribution in [3.8, 4) is 0 Å². The van der Waals surface area contributed by atoms with Gasteiger partial charge in [0, 0.05) is 11.7 Å². The molecular formula is C15H13F4N. The molecule has 1 unspecified atom stereocenters. The van der Waals surface area contributed by atoms with Gasteiger partial charge in [-0.2, -0.15) is 13.2 Å². The Labute approximate surface area is 114 Å². The Balaban J connectivity index is 2.28. The Hall–Kier alpha value is -2.04. The molecule has 2 aromatic carbocycles. The molecule has 0 fully saturated rings. The first kappa shape index (κ1) is 14.4. The van der Waals surface area contributed by atoms with Gasteiger partial charge in [0.1, 0.15) is 5.82 Å². The summed E-state index contributed by atoms with van der Waals surface area (Å²) in [7, 11) is 0. The summed E-state index contributed by atoms with van der Waals surface area (Å²) < 4.78 is 51.8. The fraction of sp³-hybridized carbons (Fsp3) is 0.200. The lowest BCUT2D eigenvalue weighted by Gasteiger charge is -2.20. The number of hydrogen-bond acceptors (Lipinski definition) is 1. The number of rotatable bonds is 3. The number of anilines is 1. The van der Waals surface area contributed by atoms with Gasteiger partial charge in [0.2, 0.25) is 0 Å². The number of alkyl halides is 3. The second-order valence-corrected chi connectivity index (χ2v) is 4.46. The molecule has 2 rings (SSSR count). The molecule has 0 heterocycles. The summed E-state index contributed by atoms with van der Waals surface area (Å²) in [6.07, 6.45) is -4.41. The summed E-state index contributed by atoms with van der Waals surface area (Å²) in [5, 5.41) is 2.87. The Morgan fingerprint density at radius 2 is 1.70 bits per heavy atom. The largest absolute Gasteiger partial charge is 0.416 e. The highest BCUT2D eigenvalue weighted by atomic mass is 19.4. The van der Waals surface area contributed by atoms with E-state index in [-0.39, 0.29) is 5.56 Å². The fourth-order valence-corrected chi connectivity index (χ4v) is 2.04. The zero-order valence-corrected chi connectivity index (χ0v) is 10.7. The maximum atomic E-state index is 13.1. The molecular weight excluding hydrogens is 270 g/mol. The molecule has 106 valence electrons. The second kappa shape index (κ2) is 5.53. The zero-order chi connectivity index (χ0) is 14.8. The van der Waals surface area contributed by atoms with E-state index in [1.165, 1.54) is 30.3 Å². The van der Waals surface area contributed by atoms with Gasteiger partial charge in [-0.15, -0.1) is 0 Å². The van der Waals surface area contributed by atoms with Crippen LogP contribution in [0, 0.1) is 5.82 Å². The number of benzene rings is 2. The molecule has 0 aliphatic heterocycles. The molecule has 0 aliphatic rings. The topological polar surface area (TPSA) is 12.0 Å². The van der Waals surface area contributed by atoms with E-state index in [2.05, 4.69) is 5.32 Å². The Morgan fingerprint density at radius 1 is 1.00 bits per heavy atom. The van der Waals surface area contributed by atoms with Crippen molar-refractivity contribution < 1.29 is 17.6 Å². The van der Waals surface area contributed by atoms with Gasteiger partial charge < -0.3 is 5.32 Å². The third kappa shape index (κ3) is 3.29. The van der Waals surface area contributed by atoms with Gasteiger partial charge in [-0.1, -0.05) is 24.3 Å². The lowest BCUT2D eigenvalue weighted by atomic mass is 10.0. The number of nitrogens with one attached hydrogen (secondary N) is 1. The predicted octanol–water partition coefficient (Wildman–Crippen LogP) is 5.02. The maximum Gasteiger partial charge on any atom is 0.416 e. The van der Waals surface area contributed by atoms with Crippen LogP contribution in [0.1, 0.15) is 24.1 Å². The van der Waals surface area contributed by atoms with Crippen LogP contribution in [0.25, 0.3) is 0 Å². The van der Waals surface area contributed by atoms with Crippen LogP contribution in [0.15, 0.2) is 48.5 Å². The van der Waals surface area contributed by atoms with Gasteiger partial charge in [-0.25, -0.2) is 4.39 Å². The molecule has 0 aliphatic carbocycles. The third-order valence-corrected chi connectivity index (χ3v) is 2.94. The average molecular weight is 283 g/mol. The van der Waals surface area contributed by atoms with E-state index in [0.717, 1.165) is 6.07 Å². The van der Waals surface area contributed by atoms with E-state index in [0.29, 0.717) is 5.69 Å². The highest BCUT2D eigenvalue weighted by Crippen LogP contribution is 2.35. The van der Waals surface area contributed by atoms with Crippen molar-refractivity contribution in [1.29, 1.82) is 0 Å². The highest BCUT2D eigenvalue weighted by Gasteiger charge is 2.34. The molecule has 20 heavy (non-hydrogen) atoms. The average Bonchev–Trinajstić information content (AvgIpc) is 2.37. The zero-order valence-electron chi connectivity index (χ0n) is 10.7. The van der Waals surface area contributed by atoms with Gasteiger partial charge in [0.15, 0.2) is 0 Å². The number of halogens is 4. The van der Waals surface area contributed by atoms with Crippen LogP contribution in [0.2, 0.25) is 0 Å². The minimum Gasteiger partial charge on any atom is -0.378 e. The normalized spacial score (nSPS) is 13.1. The van der Waals surface area contributed by atoms with Crippen LogP contribution in [0.3, 0.4) is 0 Å². The highest BCUT2D eigenvalue weighted by molar-refractivity contribution is 5.46. The Bertz CT molecular complexity index is 592. The Kier molecular flexibility index (Phi) is 3.97. The summed E-state index contributed by atoms with van der Waals surface area (Å²) in [5.41, 5.74) is -0.116. The standard InChI is InChI=1S/C15H13F4N/c1-10(20-12-6-4-5-11(16)9-12)13-7-2-3-8-14(13)15(17,18)19/h2-10,20H,1H3. The van der Waals surface area contributed by atoms with E-state index in [1.54, 1.807) is 19.1 Å². The lowest BCUT2D eigenvalue weighted by Crippen LogP contribution is -2.15. The van der Waals surface area contributed by atoms with Crippen LogP contribution < -0.4 is 5.32 Å². The minimum absolute atomic E-state index is 0.129. The van der Waals surface area contributed by atoms with E-state index < -0.39 is 23.6 Å². The monoisotopic (exact) mass is 283 g/mol. The SMILES string of the molecule is CC(Nc1cccc(F)c1)c1ccccc1C(F)(F)F. The van der Waals surface area contributed by atoms with Crippen molar-refractivity contribution in [1.82, 2.24) is 0 Å². The van der Waals surface area contributed by atoms with E-state index in [4.69, 9.17) is 0 Å². The summed E-state index contributed by atoms with van der Waals surface area (Å²) >= 11 is 0. The third-order valence-electron chi connectivity index (χ3n) is 2.94. The molecule has 1 N–H and O–H groups in total. The van der Waals surface area contributed by atoms with Crippen molar-refractivity contribution in [2.75, 3.05) is 5.32 Å². The van der Waals surface area contributed by atoms with Crippen LogP contribution in [0.5, 0.6) is 0 Å². The summed E-state index contributed by atoms with van der Waals surface area (Å²) in [5.74, 6) is -0.439. The first-order chi connectivity index (χ1) is 9.38. The van der Waals surface area contributed by atoms with Crippen molar-refractivity contribution in [2.45, 2.75) is 19.1 Å². The first-order valence-corrected chi connectivity index (χ1v) is 6.06. The second-order valence-electron chi connectivity index (χ2n) is 4.46. The van der Waals surface area contributed by atoms with Crippen LogP contribution in [-0.4, -0.2) is 0 Å². The smallest absolute Gasteiger partial charge is 0.378 e. The van der Waals surface area contributed by atoms with Gasteiger partial charge in [-0.05, 0) is 36.8 Å². The predicted molar refractivity (Wildman–Crippen MR) is 69.9 cm³/mol. The van der Waals surface area contributed by atoms with Gasteiger partial charge >= 0.3 is 6.18 Å². The molecule has 0 radical (unpaired) electrons. The van der Waals surface area contributed by atoms with Gasteiger partial charge in [0.25, 0.3) is 0 Å². The van der Waals surface area contributed by atoms with Crippen molar-refractivity contribution in [2.24, 2.45) is 0 Å². The quantitative estimate of drug-likeness (QED) is 0.780. The van der Waals surface area contributed by atoms with E-state index in [1.807, 2.05) is 0 Å². The molecule has 0 saturated carbocycles. The van der Waals surface area contributed by atoms with Crippen LogP contribution in [0.4, 0.5) is 23.2 Å². The Morgan fingerprint density at radius 3 is 2.35 bits per heavy atom. The molecule has 1 atom stereocenters. The number of hydrogen-bond donors (Lipinski definition) is 1. The maximum absolute atomic E-state index is 13.1. The van der Waals surface area contributed by atoms with Gasteiger partial charge in [-0.3, -0.25) is 0 Å². The molecule has 0 amide bonds. The van der Waals surface area contributed by atoms with Crippen molar-refractivity contribution in [3.63, 3.8) is 0 Å². The molecule has 1 nitrogen and oxygen atoms in total. The van der Waals surface area contributed by atoms with Crippen molar-refractivity contribution in [3.05, 3.63) is 65.5 Å². The summed E-state index contributed by atoms with van der Waals surface area (Å²) in [6.45, 7) is 1.61. The lowest BCUT2D eigenvalue weighted by molar-refractivity contribution is -0.138. The van der Waals surface area contributed by atoms with Gasteiger partial charge in [0.05, 0.1) is 5.56 Å². The summed E-state index contributed by atoms with van der Waals surface area (Å²) in [6, 6.07) is 10.4. The van der Waals surface area contributed by atoms with Crippen LogP contribution >= 0.6 is 0 Å². The van der Waals surface area contributed by atoms with Crippen molar-refractivity contribution >= 4 is 5.69 Å². The minimum atomic E-state index is -4.41. The molecule has 2 aromatic rings. The first-order valence-electron chi connectivity index (χ1n) is 6.06. The molecule has 0 spiro atoms. The molecule has 0 aromatic heterocycles. The molecule has 0 bridgehead atoms. The fourth-order valence-electron chi connectivity index (χ4n) is 2.04. The van der Waals surface area contributed by atoms with E-state index in [9.17, 15) is 17.6 Å². The summed E-state index contributed by atoms with van der Waals surface area (Å²) in [4.78, 5) is 0. The van der Waals surface area contributed by atoms with E-state index >= 15 is 0 Å². The molecule has 0 saturated heterocycles. The molecule has 5 heteroatoms. The van der Waals surface area contributed by atoms with Crippen LogP contribution in [-0.2, 0) is 6.18 Å².